The third kappa shape index (κ3) is 5.75. The van der Waals surface area contributed by atoms with E-state index in [-0.39, 0.29) is 40.1 Å². The third-order valence-corrected chi connectivity index (χ3v) is 4.99. The first kappa shape index (κ1) is 22.8. The topological polar surface area (TPSA) is 160 Å². The highest BCUT2D eigenvalue weighted by atomic mass is 32.1. The van der Waals surface area contributed by atoms with Crippen LogP contribution in [0, 0.1) is 17.0 Å². The highest BCUT2D eigenvalue weighted by molar-refractivity contribution is 7.18. The van der Waals surface area contributed by atoms with Gasteiger partial charge in [0.05, 0.1) is 22.0 Å². The largest absolute Gasteiger partial charge is 0.484 e. The number of nitro groups is 1. The Balaban J connectivity index is 2.10. The molecule has 1 aromatic carbocycles. The second-order valence-corrected chi connectivity index (χ2v) is 6.86. The highest BCUT2D eigenvalue weighted by Crippen LogP contribution is 2.33. The Bertz CT molecular complexity index is 955. The van der Waals surface area contributed by atoms with Crippen molar-refractivity contribution in [1.29, 1.82) is 0 Å². The molecule has 0 saturated carbocycles. The van der Waals surface area contributed by atoms with Gasteiger partial charge in [-0.15, -0.1) is 11.3 Å². The number of primary amides is 1. The van der Waals surface area contributed by atoms with E-state index < -0.39 is 29.3 Å². The number of benzene rings is 1. The number of ether oxygens (including phenoxy) is 3. The maximum atomic E-state index is 12.4. The average molecular weight is 437 g/mol. The minimum Gasteiger partial charge on any atom is -0.484 e. The summed E-state index contributed by atoms with van der Waals surface area (Å²) in [5.41, 5.74) is 5.53. The summed E-state index contributed by atoms with van der Waals surface area (Å²) in [6, 6.07) is 5.18. The molecular weight excluding hydrogens is 418 g/mol. The van der Waals surface area contributed by atoms with Crippen molar-refractivity contribution in [2.24, 2.45) is 5.73 Å². The fourth-order valence-corrected chi connectivity index (χ4v) is 3.41. The zero-order chi connectivity index (χ0) is 22.3. The van der Waals surface area contributed by atoms with E-state index in [2.05, 4.69) is 5.32 Å². The summed E-state index contributed by atoms with van der Waals surface area (Å²) in [5.74, 6) is -1.85. The molecule has 2 rings (SSSR count). The number of carbonyl (C=O) groups excluding carboxylic acids is 3. The number of nitro benzene ring substituents is 1. The lowest BCUT2D eigenvalue weighted by atomic mass is 10.1. The molecule has 0 unspecified atom stereocenters. The van der Waals surface area contributed by atoms with Crippen LogP contribution in [0.4, 0.5) is 10.7 Å². The van der Waals surface area contributed by atoms with Gasteiger partial charge in [0.1, 0.15) is 17.4 Å². The van der Waals surface area contributed by atoms with Gasteiger partial charge in [-0.05, 0) is 24.6 Å². The summed E-state index contributed by atoms with van der Waals surface area (Å²) in [4.78, 5) is 46.5. The van der Waals surface area contributed by atoms with E-state index in [4.69, 9.17) is 19.9 Å². The van der Waals surface area contributed by atoms with Gasteiger partial charge in [0.15, 0.2) is 6.61 Å². The summed E-state index contributed by atoms with van der Waals surface area (Å²) in [7, 11) is 1.45. The molecule has 0 spiro atoms. The van der Waals surface area contributed by atoms with Gasteiger partial charge in [-0.25, -0.2) is 4.79 Å². The smallest absolute Gasteiger partial charge is 0.341 e. The molecule has 0 radical (unpaired) electrons. The summed E-state index contributed by atoms with van der Waals surface area (Å²) in [6.45, 7) is 1.26. The molecule has 2 aromatic rings. The van der Waals surface area contributed by atoms with Crippen molar-refractivity contribution in [2.45, 2.75) is 6.92 Å². The molecule has 12 heteroatoms. The van der Waals surface area contributed by atoms with Crippen LogP contribution in [0.2, 0.25) is 0 Å². The van der Waals surface area contributed by atoms with Crippen molar-refractivity contribution >= 4 is 39.8 Å². The molecule has 3 N–H and O–H groups in total. The van der Waals surface area contributed by atoms with Gasteiger partial charge in [0.2, 0.25) is 0 Å². The number of rotatable bonds is 10. The van der Waals surface area contributed by atoms with Gasteiger partial charge < -0.3 is 25.3 Å². The minimum atomic E-state index is -0.744. The SMILES string of the molecule is COCCOC(=O)c1c(NC(=O)COc2ccc([N+](=O)[O-])cc2)sc(C(N)=O)c1C. The van der Waals surface area contributed by atoms with Gasteiger partial charge in [-0.1, -0.05) is 0 Å². The maximum absolute atomic E-state index is 12.4. The zero-order valence-corrected chi connectivity index (χ0v) is 16.9. The Kier molecular flexibility index (Phi) is 7.83. The number of nitrogens with zero attached hydrogens (tertiary/aromatic N) is 1. The number of nitrogens with two attached hydrogens (primary N) is 1. The van der Waals surface area contributed by atoms with Gasteiger partial charge >= 0.3 is 5.97 Å². The van der Waals surface area contributed by atoms with E-state index >= 15 is 0 Å². The van der Waals surface area contributed by atoms with Gasteiger partial charge in [-0.2, -0.15) is 0 Å². The van der Waals surface area contributed by atoms with Crippen LogP contribution in [0.1, 0.15) is 25.6 Å². The molecule has 0 saturated heterocycles. The number of carbonyl (C=O) groups is 3. The molecule has 11 nitrogen and oxygen atoms in total. The number of thiophene rings is 1. The molecule has 0 aliphatic heterocycles. The Labute approximate surface area is 174 Å². The van der Waals surface area contributed by atoms with Crippen LogP contribution in [0.15, 0.2) is 24.3 Å². The molecule has 2 amide bonds. The van der Waals surface area contributed by atoms with Crippen LogP contribution in [-0.2, 0) is 14.3 Å². The van der Waals surface area contributed by atoms with Crippen LogP contribution in [0.25, 0.3) is 0 Å². The van der Waals surface area contributed by atoms with Gasteiger partial charge in [-0.3, -0.25) is 19.7 Å². The van der Waals surface area contributed by atoms with Crippen LogP contribution < -0.4 is 15.8 Å². The Morgan fingerprint density at radius 1 is 1.20 bits per heavy atom. The predicted octanol–water partition coefficient (Wildman–Crippen LogP) is 1.88. The van der Waals surface area contributed by atoms with Gasteiger partial charge in [0, 0.05) is 19.2 Å². The van der Waals surface area contributed by atoms with Crippen LogP contribution in [-0.4, -0.2) is 49.6 Å². The third-order valence-electron chi connectivity index (χ3n) is 3.77. The van der Waals surface area contributed by atoms with Crippen molar-refractivity contribution in [1.82, 2.24) is 0 Å². The number of nitrogens with one attached hydrogen (secondary N) is 1. The van der Waals surface area contributed by atoms with E-state index in [0.29, 0.717) is 5.56 Å². The summed E-state index contributed by atoms with van der Waals surface area (Å²) < 4.78 is 15.2. The molecule has 0 bridgehead atoms. The molecule has 0 atom stereocenters. The van der Waals surface area contributed by atoms with E-state index in [1.807, 2.05) is 0 Å². The maximum Gasteiger partial charge on any atom is 0.341 e. The molecular formula is C18H19N3O8S. The minimum absolute atomic E-state index is 0.00678. The predicted molar refractivity (Wildman–Crippen MR) is 107 cm³/mol. The lowest BCUT2D eigenvalue weighted by molar-refractivity contribution is -0.384. The highest BCUT2D eigenvalue weighted by Gasteiger charge is 2.26. The average Bonchev–Trinajstić information content (AvgIpc) is 3.03. The number of non-ortho nitro benzene ring substituents is 1. The molecule has 160 valence electrons. The van der Waals surface area contributed by atoms with Crippen molar-refractivity contribution in [3.63, 3.8) is 0 Å². The quantitative estimate of drug-likeness (QED) is 0.246. The first-order valence-corrected chi connectivity index (χ1v) is 9.32. The Morgan fingerprint density at radius 3 is 2.43 bits per heavy atom. The lowest BCUT2D eigenvalue weighted by Crippen LogP contribution is -2.21. The Hall–Kier alpha value is -3.51. The lowest BCUT2D eigenvalue weighted by Gasteiger charge is -2.09. The normalized spacial score (nSPS) is 10.3. The van der Waals surface area contributed by atoms with Crippen molar-refractivity contribution in [3.8, 4) is 5.75 Å². The van der Waals surface area contributed by atoms with E-state index in [1.54, 1.807) is 0 Å². The van der Waals surface area contributed by atoms with Crippen LogP contribution in [0.5, 0.6) is 5.75 Å². The molecule has 0 fully saturated rings. The fraction of sp³-hybridized carbons (Fsp3) is 0.278. The van der Waals surface area contributed by atoms with Crippen molar-refractivity contribution < 1.29 is 33.5 Å². The van der Waals surface area contributed by atoms with Crippen molar-refractivity contribution in [3.05, 3.63) is 50.4 Å². The number of amides is 2. The van der Waals surface area contributed by atoms with E-state index in [0.717, 1.165) is 11.3 Å². The molecule has 1 aromatic heterocycles. The standard InChI is InChI=1S/C18H19N3O8S/c1-10-14(18(24)28-8-7-27-2)17(30-15(10)16(19)23)20-13(22)9-29-12-5-3-11(4-6-12)21(25)26/h3-6H,7-9H2,1-2H3,(H2,19,23)(H,20,22). The molecule has 1 heterocycles. The number of hydrogen-bond donors (Lipinski definition) is 2. The summed E-state index contributed by atoms with van der Waals surface area (Å²) >= 11 is 0.848. The van der Waals surface area contributed by atoms with E-state index in [1.165, 1.54) is 38.3 Å². The van der Waals surface area contributed by atoms with Gasteiger partial charge in [0.25, 0.3) is 17.5 Å². The first-order chi connectivity index (χ1) is 14.2. The molecule has 0 aliphatic rings. The number of anilines is 1. The van der Waals surface area contributed by atoms with E-state index in [9.17, 15) is 24.5 Å². The molecule has 30 heavy (non-hydrogen) atoms. The van der Waals surface area contributed by atoms with Crippen molar-refractivity contribution in [2.75, 3.05) is 32.2 Å². The second-order valence-electron chi connectivity index (χ2n) is 5.84. The zero-order valence-electron chi connectivity index (χ0n) is 16.1. The van der Waals surface area contributed by atoms with Crippen LogP contribution >= 0.6 is 11.3 Å². The second kappa shape index (κ2) is 10.3. The fourth-order valence-electron chi connectivity index (χ4n) is 2.35. The number of esters is 1. The monoisotopic (exact) mass is 437 g/mol. The number of hydrogen-bond acceptors (Lipinski definition) is 9. The van der Waals surface area contributed by atoms with Crippen LogP contribution in [0.3, 0.4) is 0 Å². The Morgan fingerprint density at radius 2 is 1.87 bits per heavy atom. The molecule has 0 aliphatic carbocycles. The first-order valence-electron chi connectivity index (χ1n) is 8.51. The number of methoxy groups -OCH3 is 1. The summed E-state index contributed by atoms with van der Waals surface area (Å²) in [6.07, 6.45) is 0. The summed E-state index contributed by atoms with van der Waals surface area (Å²) in [5, 5.41) is 13.3.